The Morgan fingerprint density at radius 1 is 1.37 bits per heavy atom. The molecule has 8 heteroatoms. The highest BCUT2D eigenvalue weighted by Crippen LogP contribution is 2.25. The Bertz CT molecular complexity index is 765. The number of aromatic nitrogens is 3. The number of hydrogen-bond donors (Lipinski definition) is 0. The fraction of sp³-hybridized carbons (Fsp3) is 0.632. The predicted octanol–water partition coefficient (Wildman–Crippen LogP) is 2.21. The van der Waals surface area contributed by atoms with E-state index in [1.54, 1.807) is 17.2 Å². The molecule has 0 spiro atoms. The monoisotopic (exact) mass is 374 g/mol. The van der Waals surface area contributed by atoms with E-state index >= 15 is 0 Å². The summed E-state index contributed by atoms with van der Waals surface area (Å²) in [6.07, 6.45) is 4.76. The zero-order chi connectivity index (χ0) is 18.6. The van der Waals surface area contributed by atoms with Crippen LogP contribution in [0.2, 0.25) is 0 Å². The average Bonchev–Trinajstić information content (AvgIpc) is 3.34. The van der Waals surface area contributed by atoms with Gasteiger partial charge in [-0.3, -0.25) is 9.48 Å². The van der Waals surface area contributed by atoms with Gasteiger partial charge in [-0.15, -0.1) is 0 Å². The predicted molar refractivity (Wildman–Crippen MR) is 96.2 cm³/mol. The van der Waals surface area contributed by atoms with Crippen LogP contribution in [-0.4, -0.2) is 58.7 Å². The molecule has 1 atom stereocenters. The second-order valence-electron chi connectivity index (χ2n) is 7.36. The Morgan fingerprint density at radius 3 is 3.00 bits per heavy atom. The maximum absolute atomic E-state index is 12.7. The van der Waals surface area contributed by atoms with Gasteiger partial charge in [0.2, 0.25) is 5.76 Å². The smallest absolute Gasteiger partial charge is 0.292 e. The Hall–Kier alpha value is -2.19. The number of hydrogen-bond acceptors (Lipinski definition) is 6. The van der Waals surface area contributed by atoms with Crippen LogP contribution in [0.25, 0.3) is 0 Å². The third kappa shape index (κ3) is 4.22. The lowest BCUT2D eigenvalue weighted by Crippen LogP contribution is -2.41. The lowest BCUT2D eigenvalue weighted by atomic mass is 10.0. The molecule has 2 aromatic rings. The molecule has 2 aliphatic heterocycles. The number of carbonyl (C=O) groups excluding carboxylic acids is 1. The van der Waals surface area contributed by atoms with Crippen LogP contribution in [0.1, 0.15) is 47.2 Å². The molecule has 0 aromatic carbocycles. The van der Waals surface area contributed by atoms with Crippen LogP contribution in [0.4, 0.5) is 0 Å². The fourth-order valence-corrected chi connectivity index (χ4v) is 3.76. The van der Waals surface area contributed by atoms with Crippen molar-refractivity contribution in [3.05, 3.63) is 35.5 Å². The van der Waals surface area contributed by atoms with Crippen molar-refractivity contribution >= 4 is 5.91 Å². The summed E-state index contributed by atoms with van der Waals surface area (Å²) in [6, 6.07) is 3.74. The molecule has 1 unspecified atom stereocenters. The summed E-state index contributed by atoms with van der Waals surface area (Å²) in [5, 5.41) is 8.27. The van der Waals surface area contributed by atoms with E-state index in [2.05, 4.69) is 10.3 Å². The second kappa shape index (κ2) is 8.22. The largest absolute Gasteiger partial charge is 0.381 e. The molecular formula is C19H26N4O4. The number of amides is 1. The van der Waals surface area contributed by atoms with Crippen molar-refractivity contribution in [3.63, 3.8) is 0 Å². The number of carbonyl (C=O) groups is 1. The van der Waals surface area contributed by atoms with Gasteiger partial charge in [0, 0.05) is 45.2 Å². The zero-order valence-electron chi connectivity index (χ0n) is 15.7. The quantitative estimate of drug-likeness (QED) is 0.721. The minimum Gasteiger partial charge on any atom is -0.381 e. The molecule has 4 rings (SSSR count). The lowest BCUT2D eigenvalue weighted by Gasteiger charge is -2.33. The summed E-state index contributed by atoms with van der Waals surface area (Å²) in [6.45, 7) is 6.04. The molecule has 0 bridgehead atoms. The summed E-state index contributed by atoms with van der Waals surface area (Å²) < 4.78 is 18.5. The van der Waals surface area contributed by atoms with Gasteiger partial charge >= 0.3 is 0 Å². The Balaban J connectivity index is 1.34. The second-order valence-corrected chi connectivity index (χ2v) is 7.36. The van der Waals surface area contributed by atoms with Gasteiger partial charge in [0.05, 0.1) is 24.0 Å². The number of aryl methyl sites for hydroxylation is 1. The SMILES string of the molecule is Cc1cc(C(=O)N2Cc3ccnn3C(CCOCC3CCOCC3)C2)on1. The third-order valence-electron chi connectivity index (χ3n) is 5.30. The molecule has 0 aliphatic carbocycles. The van der Waals surface area contributed by atoms with E-state index in [4.69, 9.17) is 14.0 Å². The fourth-order valence-electron chi connectivity index (χ4n) is 3.76. The summed E-state index contributed by atoms with van der Waals surface area (Å²) >= 11 is 0. The minimum absolute atomic E-state index is 0.103. The van der Waals surface area contributed by atoms with Crippen LogP contribution in [-0.2, 0) is 16.0 Å². The highest BCUT2D eigenvalue weighted by Gasteiger charge is 2.30. The van der Waals surface area contributed by atoms with E-state index < -0.39 is 0 Å². The van der Waals surface area contributed by atoms with Crippen LogP contribution >= 0.6 is 0 Å². The van der Waals surface area contributed by atoms with Gasteiger partial charge in [-0.1, -0.05) is 5.16 Å². The lowest BCUT2D eigenvalue weighted by molar-refractivity contribution is 0.0155. The number of ether oxygens (including phenoxy) is 2. The van der Waals surface area contributed by atoms with Crippen molar-refractivity contribution in [2.24, 2.45) is 5.92 Å². The van der Waals surface area contributed by atoms with Gasteiger partial charge < -0.3 is 18.9 Å². The zero-order valence-corrected chi connectivity index (χ0v) is 15.7. The van der Waals surface area contributed by atoms with Crippen LogP contribution in [0.15, 0.2) is 22.9 Å². The van der Waals surface area contributed by atoms with Crippen molar-refractivity contribution in [1.82, 2.24) is 19.8 Å². The first-order valence-corrected chi connectivity index (χ1v) is 9.61. The topological polar surface area (TPSA) is 82.6 Å². The Labute approximate surface area is 158 Å². The molecule has 1 amide bonds. The van der Waals surface area contributed by atoms with Gasteiger partial charge in [-0.25, -0.2) is 0 Å². The van der Waals surface area contributed by atoms with Gasteiger partial charge in [-0.2, -0.15) is 5.10 Å². The molecule has 1 saturated heterocycles. The third-order valence-corrected chi connectivity index (χ3v) is 5.30. The van der Waals surface area contributed by atoms with Gasteiger partial charge in [-0.05, 0) is 38.2 Å². The van der Waals surface area contributed by atoms with Crippen LogP contribution < -0.4 is 0 Å². The van der Waals surface area contributed by atoms with Crippen molar-refractivity contribution < 1.29 is 18.8 Å². The number of fused-ring (bicyclic) bond motifs is 1. The highest BCUT2D eigenvalue weighted by molar-refractivity contribution is 5.91. The molecule has 2 aromatic heterocycles. The first-order valence-electron chi connectivity index (χ1n) is 9.61. The molecule has 0 radical (unpaired) electrons. The minimum atomic E-state index is -0.129. The first-order chi connectivity index (χ1) is 13.2. The number of nitrogens with zero attached hydrogens (tertiary/aromatic N) is 4. The van der Waals surface area contributed by atoms with E-state index in [-0.39, 0.29) is 17.7 Å². The summed E-state index contributed by atoms with van der Waals surface area (Å²) in [4.78, 5) is 14.6. The molecule has 1 fully saturated rings. The maximum atomic E-state index is 12.7. The van der Waals surface area contributed by atoms with Gasteiger partial charge in [0.15, 0.2) is 0 Å². The van der Waals surface area contributed by atoms with Crippen molar-refractivity contribution in [2.75, 3.05) is 33.0 Å². The summed E-state index contributed by atoms with van der Waals surface area (Å²) in [5.41, 5.74) is 1.73. The maximum Gasteiger partial charge on any atom is 0.292 e. The first kappa shape index (κ1) is 18.2. The summed E-state index contributed by atoms with van der Waals surface area (Å²) in [7, 11) is 0. The Kier molecular flexibility index (Phi) is 5.54. The van der Waals surface area contributed by atoms with Crippen molar-refractivity contribution in [1.29, 1.82) is 0 Å². The van der Waals surface area contributed by atoms with Crippen LogP contribution in [0.5, 0.6) is 0 Å². The molecule has 0 saturated carbocycles. The van der Waals surface area contributed by atoms with E-state index in [0.717, 1.165) is 44.8 Å². The molecule has 2 aliphatic rings. The number of rotatable bonds is 6. The molecule has 4 heterocycles. The molecular weight excluding hydrogens is 348 g/mol. The van der Waals surface area contributed by atoms with Gasteiger partial charge in [0.25, 0.3) is 5.91 Å². The van der Waals surface area contributed by atoms with Gasteiger partial charge in [0.1, 0.15) is 0 Å². The van der Waals surface area contributed by atoms with Crippen molar-refractivity contribution in [3.8, 4) is 0 Å². The van der Waals surface area contributed by atoms with E-state index in [1.165, 1.54) is 0 Å². The summed E-state index contributed by atoms with van der Waals surface area (Å²) in [5.74, 6) is 0.754. The van der Waals surface area contributed by atoms with Crippen LogP contribution in [0, 0.1) is 12.8 Å². The molecule has 8 nitrogen and oxygen atoms in total. The van der Waals surface area contributed by atoms with Crippen LogP contribution in [0.3, 0.4) is 0 Å². The van der Waals surface area contributed by atoms with E-state index in [9.17, 15) is 4.79 Å². The highest BCUT2D eigenvalue weighted by atomic mass is 16.5. The van der Waals surface area contributed by atoms with Crippen molar-refractivity contribution in [2.45, 2.75) is 38.8 Å². The average molecular weight is 374 g/mol. The molecule has 0 N–H and O–H groups in total. The normalized spacial score (nSPS) is 20.6. The standard InChI is InChI=1S/C19H26N4O4/c1-14-10-18(27-21-14)19(24)22-11-16-2-6-20-23(16)17(12-22)5-9-26-13-15-3-7-25-8-4-15/h2,6,10,15,17H,3-5,7-9,11-13H2,1H3. The molecule has 146 valence electrons. The Morgan fingerprint density at radius 2 is 2.22 bits per heavy atom. The molecule has 27 heavy (non-hydrogen) atoms. The van der Waals surface area contributed by atoms with E-state index in [1.807, 2.05) is 17.7 Å². The van der Waals surface area contributed by atoms with E-state index in [0.29, 0.717) is 31.3 Å².